The maximum absolute atomic E-state index is 5.71. The second kappa shape index (κ2) is 11.3. The molecule has 0 saturated carbocycles. The molecule has 2 aromatic carbocycles. The summed E-state index contributed by atoms with van der Waals surface area (Å²) in [4.78, 5) is 0. The molecule has 0 saturated heterocycles. The summed E-state index contributed by atoms with van der Waals surface area (Å²) in [6, 6.07) is 18.1. The Bertz CT molecular complexity index is 620. The highest BCUT2D eigenvalue weighted by Gasteiger charge is 2.06. The van der Waals surface area contributed by atoms with Crippen molar-refractivity contribution >= 4 is 5.57 Å². The third-order valence-corrected chi connectivity index (χ3v) is 3.61. The third kappa shape index (κ3) is 6.61. The topological polar surface area (TPSA) is 36.9 Å². The molecule has 0 bridgehead atoms. The molecular weight excluding hydrogens is 316 g/mol. The van der Waals surface area contributed by atoms with Crippen LogP contribution in [0.3, 0.4) is 0 Å². The van der Waals surface area contributed by atoms with Gasteiger partial charge in [-0.1, -0.05) is 42.5 Å². The molecular formula is C21H26O4. The van der Waals surface area contributed by atoms with Crippen molar-refractivity contribution in [3.63, 3.8) is 0 Å². The molecule has 4 nitrogen and oxygen atoms in total. The Kier molecular flexibility index (Phi) is 8.59. The van der Waals surface area contributed by atoms with Crippen LogP contribution < -0.4 is 4.74 Å². The minimum absolute atomic E-state index is 0.499. The van der Waals surface area contributed by atoms with Gasteiger partial charge in [-0.3, -0.25) is 0 Å². The van der Waals surface area contributed by atoms with Gasteiger partial charge < -0.3 is 18.9 Å². The molecule has 0 amide bonds. The van der Waals surface area contributed by atoms with E-state index >= 15 is 0 Å². The maximum Gasteiger partial charge on any atom is 0.118 e. The molecule has 2 aromatic rings. The van der Waals surface area contributed by atoms with Crippen molar-refractivity contribution in [3.05, 3.63) is 72.0 Å². The number of benzene rings is 2. The summed E-state index contributed by atoms with van der Waals surface area (Å²) in [5, 5.41) is 0. The monoisotopic (exact) mass is 342 g/mol. The lowest BCUT2D eigenvalue weighted by Crippen LogP contribution is -2.08. The van der Waals surface area contributed by atoms with E-state index in [4.69, 9.17) is 18.9 Å². The van der Waals surface area contributed by atoms with Crippen molar-refractivity contribution in [2.24, 2.45) is 0 Å². The summed E-state index contributed by atoms with van der Waals surface area (Å²) in [5.41, 5.74) is 3.20. The van der Waals surface area contributed by atoms with Crippen LogP contribution in [0.15, 0.2) is 60.9 Å². The lowest BCUT2D eigenvalue weighted by Gasteiger charge is -2.10. The van der Waals surface area contributed by atoms with E-state index in [1.54, 1.807) is 13.4 Å². The molecule has 134 valence electrons. The van der Waals surface area contributed by atoms with E-state index in [9.17, 15) is 0 Å². The van der Waals surface area contributed by atoms with Crippen molar-refractivity contribution in [1.29, 1.82) is 0 Å². The molecule has 0 aliphatic carbocycles. The van der Waals surface area contributed by atoms with E-state index in [2.05, 4.69) is 12.1 Å². The number of hydrogen-bond acceptors (Lipinski definition) is 4. The molecule has 0 heterocycles. The fourth-order valence-corrected chi connectivity index (χ4v) is 2.30. The number of ether oxygens (including phenoxy) is 4. The fraction of sp³-hybridized carbons (Fsp3) is 0.333. The smallest absolute Gasteiger partial charge is 0.118 e. The third-order valence-electron chi connectivity index (χ3n) is 3.61. The molecule has 25 heavy (non-hydrogen) atoms. The zero-order chi connectivity index (χ0) is 17.7. The van der Waals surface area contributed by atoms with Gasteiger partial charge in [0.15, 0.2) is 0 Å². The van der Waals surface area contributed by atoms with Crippen LogP contribution in [0.25, 0.3) is 5.57 Å². The van der Waals surface area contributed by atoms with E-state index in [0.29, 0.717) is 33.0 Å². The summed E-state index contributed by atoms with van der Waals surface area (Å²) < 4.78 is 21.6. The first kappa shape index (κ1) is 19.0. The number of methoxy groups -OCH3 is 1. The van der Waals surface area contributed by atoms with Gasteiger partial charge >= 0.3 is 0 Å². The maximum atomic E-state index is 5.71. The highest BCUT2D eigenvalue weighted by molar-refractivity contribution is 5.79. The standard InChI is InChI=1S/C21H26O4/c1-3-23-13-14-24-15-16-25-17-21(18-7-5-4-6-8-18)19-9-11-20(22-2)12-10-19/h4-12,17H,3,13-16H2,1-2H3/b21-17-. The Morgan fingerprint density at radius 3 is 2.12 bits per heavy atom. The molecule has 0 spiro atoms. The second-order valence-electron chi connectivity index (χ2n) is 5.31. The van der Waals surface area contributed by atoms with Crippen LogP contribution in [0, 0.1) is 0 Å². The molecule has 4 heteroatoms. The molecule has 0 aliphatic rings. The van der Waals surface area contributed by atoms with Crippen molar-refractivity contribution < 1.29 is 18.9 Å². The van der Waals surface area contributed by atoms with Gasteiger partial charge in [0.2, 0.25) is 0 Å². The van der Waals surface area contributed by atoms with Gasteiger partial charge in [-0.15, -0.1) is 0 Å². The van der Waals surface area contributed by atoms with Gasteiger partial charge in [-0.2, -0.15) is 0 Å². The molecule has 0 N–H and O–H groups in total. The summed E-state index contributed by atoms with van der Waals surface area (Å²) >= 11 is 0. The largest absolute Gasteiger partial charge is 0.498 e. The lowest BCUT2D eigenvalue weighted by molar-refractivity contribution is 0.0343. The minimum atomic E-state index is 0.499. The van der Waals surface area contributed by atoms with E-state index < -0.39 is 0 Å². The Morgan fingerprint density at radius 2 is 1.44 bits per heavy atom. The van der Waals surface area contributed by atoms with Crippen LogP contribution in [-0.4, -0.2) is 40.1 Å². The van der Waals surface area contributed by atoms with Crippen molar-refractivity contribution in [2.45, 2.75) is 6.92 Å². The molecule has 0 atom stereocenters. The summed E-state index contributed by atoms with van der Waals surface area (Å²) in [7, 11) is 1.66. The van der Waals surface area contributed by atoms with E-state index in [1.165, 1.54) is 0 Å². The summed E-state index contributed by atoms with van der Waals surface area (Å²) in [6.07, 6.45) is 1.79. The SMILES string of the molecule is CCOCCOCCO/C=C(/c1ccccc1)c1ccc(OC)cc1. The van der Waals surface area contributed by atoms with E-state index in [-0.39, 0.29) is 0 Å². The Balaban J connectivity index is 1.97. The first-order valence-electron chi connectivity index (χ1n) is 8.52. The average molecular weight is 342 g/mol. The highest BCUT2D eigenvalue weighted by atomic mass is 16.5. The molecule has 0 unspecified atom stereocenters. The minimum Gasteiger partial charge on any atom is -0.498 e. The van der Waals surface area contributed by atoms with Gasteiger partial charge in [0, 0.05) is 12.2 Å². The fourth-order valence-electron chi connectivity index (χ4n) is 2.30. The Hall–Kier alpha value is -2.30. The molecule has 0 aliphatic heterocycles. The van der Waals surface area contributed by atoms with Crippen molar-refractivity contribution in [1.82, 2.24) is 0 Å². The zero-order valence-electron chi connectivity index (χ0n) is 14.9. The van der Waals surface area contributed by atoms with Gasteiger partial charge in [0.05, 0.1) is 33.2 Å². The van der Waals surface area contributed by atoms with E-state index in [0.717, 1.165) is 22.4 Å². The van der Waals surface area contributed by atoms with Crippen LogP contribution >= 0.6 is 0 Å². The van der Waals surface area contributed by atoms with Crippen LogP contribution in [0.1, 0.15) is 18.1 Å². The highest BCUT2D eigenvalue weighted by Crippen LogP contribution is 2.25. The van der Waals surface area contributed by atoms with Gasteiger partial charge in [-0.25, -0.2) is 0 Å². The van der Waals surface area contributed by atoms with Gasteiger partial charge in [0.1, 0.15) is 12.4 Å². The molecule has 0 aromatic heterocycles. The molecule has 2 rings (SSSR count). The van der Waals surface area contributed by atoms with Crippen LogP contribution in [-0.2, 0) is 14.2 Å². The number of rotatable bonds is 11. The molecule has 0 fully saturated rings. The van der Waals surface area contributed by atoms with Gasteiger partial charge in [0.25, 0.3) is 0 Å². The first-order valence-corrected chi connectivity index (χ1v) is 8.52. The Labute approximate surface area is 150 Å². The second-order valence-corrected chi connectivity index (χ2v) is 5.31. The Morgan fingerprint density at radius 1 is 0.800 bits per heavy atom. The quantitative estimate of drug-likeness (QED) is 0.454. The predicted octanol–water partition coefficient (Wildman–Crippen LogP) is 4.15. The first-order chi connectivity index (χ1) is 12.3. The summed E-state index contributed by atoms with van der Waals surface area (Å²) in [6.45, 7) is 4.92. The normalized spacial score (nSPS) is 11.4. The van der Waals surface area contributed by atoms with E-state index in [1.807, 2.05) is 49.4 Å². The average Bonchev–Trinajstić information content (AvgIpc) is 2.68. The van der Waals surface area contributed by atoms with Crippen LogP contribution in [0.5, 0.6) is 5.75 Å². The van der Waals surface area contributed by atoms with Crippen molar-refractivity contribution in [2.75, 3.05) is 40.1 Å². The lowest BCUT2D eigenvalue weighted by atomic mass is 9.99. The van der Waals surface area contributed by atoms with Crippen LogP contribution in [0.4, 0.5) is 0 Å². The summed E-state index contributed by atoms with van der Waals surface area (Å²) in [5.74, 6) is 0.833. The van der Waals surface area contributed by atoms with Crippen LogP contribution in [0.2, 0.25) is 0 Å². The molecule has 0 radical (unpaired) electrons. The van der Waals surface area contributed by atoms with Gasteiger partial charge in [-0.05, 0) is 30.2 Å². The zero-order valence-corrected chi connectivity index (χ0v) is 14.9. The predicted molar refractivity (Wildman–Crippen MR) is 99.8 cm³/mol. The number of hydrogen-bond donors (Lipinski definition) is 0. The van der Waals surface area contributed by atoms with Crippen molar-refractivity contribution in [3.8, 4) is 5.75 Å².